The summed E-state index contributed by atoms with van der Waals surface area (Å²) in [5.41, 5.74) is 4.33. The first-order valence-corrected chi connectivity index (χ1v) is 7.26. The van der Waals surface area contributed by atoms with E-state index in [2.05, 4.69) is 20.7 Å². The van der Waals surface area contributed by atoms with Gasteiger partial charge in [0.05, 0.1) is 17.6 Å². The Bertz CT molecular complexity index is 887. The highest BCUT2D eigenvalue weighted by atomic mass is 16.3. The lowest BCUT2D eigenvalue weighted by Gasteiger charge is -1.98. The molecule has 0 fully saturated rings. The Morgan fingerprint density at radius 2 is 1.83 bits per heavy atom. The summed E-state index contributed by atoms with van der Waals surface area (Å²) >= 11 is 0. The molecule has 1 heterocycles. The number of aromatic nitrogens is 3. The smallest absolute Gasteiger partial charge is 0.293 e. The lowest BCUT2D eigenvalue weighted by atomic mass is 10.2. The molecule has 3 aromatic rings. The van der Waals surface area contributed by atoms with Gasteiger partial charge < -0.3 is 5.11 Å². The van der Waals surface area contributed by atoms with E-state index in [9.17, 15) is 9.90 Å². The van der Waals surface area contributed by atoms with Gasteiger partial charge >= 0.3 is 0 Å². The van der Waals surface area contributed by atoms with Gasteiger partial charge in [0.1, 0.15) is 5.75 Å². The van der Waals surface area contributed by atoms with Crippen LogP contribution in [0.3, 0.4) is 0 Å². The topological polar surface area (TPSA) is 92.4 Å². The van der Waals surface area contributed by atoms with Gasteiger partial charge in [0.25, 0.3) is 5.91 Å². The number of aryl methyl sites for hydroxylation is 1. The Labute approximate surface area is 138 Å². The Kier molecular flexibility index (Phi) is 4.33. The first-order valence-electron chi connectivity index (χ1n) is 7.26. The number of hydrogen-bond donors (Lipinski definition) is 2. The number of hydrazone groups is 1. The highest BCUT2D eigenvalue weighted by Gasteiger charge is 2.15. The maximum Gasteiger partial charge on any atom is 0.293 e. The van der Waals surface area contributed by atoms with Gasteiger partial charge in [0, 0.05) is 5.56 Å². The molecule has 2 N–H and O–H groups in total. The summed E-state index contributed by atoms with van der Waals surface area (Å²) < 4.78 is 0. The van der Waals surface area contributed by atoms with Crippen LogP contribution in [0.4, 0.5) is 0 Å². The van der Waals surface area contributed by atoms with Gasteiger partial charge in [0.15, 0.2) is 5.69 Å². The van der Waals surface area contributed by atoms with Crippen molar-refractivity contribution < 1.29 is 9.90 Å². The molecule has 3 rings (SSSR count). The number of hydrogen-bond acceptors (Lipinski definition) is 5. The number of carbonyl (C=O) groups excluding carboxylic acids is 1. The maximum absolute atomic E-state index is 12.2. The summed E-state index contributed by atoms with van der Waals surface area (Å²) in [6.45, 7) is 1.70. The predicted octanol–water partition coefficient (Wildman–Crippen LogP) is 2.05. The van der Waals surface area contributed by atoms with E-state index in [0.29, 0.717) is 11.3 Å². The Morgan fingerprint density at radius 3 is 2.58 bits per heavy atom. The standard InChI is InChI=1S/C17H15N5O2/c1-12-16(21-22(20-12)14-8-3-2-4-9-14)17(24)19-18-11-13-7-5-6-10-15(13)23/h2-11,23H,1H3,(H,19,24). The van der Waals surface area contributed by atoms with E-state index in [4.69, 9.17) is 0 Å². The Balaban J connectivity index is 1.74. The number of amides is 1. The number of nitrogens with one attached hydrogen (secondary N) is 1. The molecule has 0 aliphatic rings. The number of benzene rings is 2. The number of nitrogens with zero attached hydrogens (tertiary/aromatic N) is 4. The van der Waals surface area contributed by atoms with Crippen LogP contribution in [0.2, 0.25) is 0 Å². The fraction of sp³-hybridized carbons (Fsp3) is 0.0588. The monoisotopic (exact) mass is 321 g/mol. The molecule has 24 heavy (non-hydrogen) atoms. The number of aromatic hydroxyl groups is 1. The van der Waals surface area contributed by atoms with Crippen molar-refractivity contribution in [1.29, 1.82) is 0 Å². The third kappa shape index (κ3) is 3.30. The van der Waals surface area contributed by atoms with Crippen LogP contribution in [0.5, 0.6) is 5.75 Å². The molecule has 0 saturated carbocycles. The average Bonchev–Trinajstić information content (AvgIpc) is 2.99. The number of para-hydroxylation sites is 2. The predicted molar refractivity (Wildman–Crippen MR) is 89.3 cm³/mol. The summed E-state index contributed by atoms with van der Waals surface area (Å²) in [5.74, 6) is -0.386. The van der Waals surface area contributed by atoms with E-state index in [-0.39, 0.29) is 11.4 Å². The van der Waals surface area contributed by atoms with Gasteiger partial charge in [-0.2, -0.15) is 15.0 Å². The molecule has 0 aliphatic carbocycles. The van der Waals surface area contributed by atoms with E-state index >= 15 is 0 Å². The van der Waals surface area contributed by atoms with Gasteiger partial charge in [0.2, 0.25) is 0 Å². The van der Waals surface area contributed by atoms with E-state index in [0.717, 1.165) is 5.69 Å². The zero-order valence-electron chi connectivity index (χ0n) is 12.9. The lowest BCUT2D eigenvalue weighted by Crippen LogP contribution is -2.19. The van der Waals surface area contributed by atoms with Gasteiger partial charge in [-0.15, -0.1) is 5.10 Å². The second-order valence-electron chi connectivity index (χ2n) is 5.02. The molecule has 0 unspecified atom stereocenters. The second-order valence-corrected chi connectivity index (χ2v) is 5.02. The Morgan fingerprint density at radius 1 is 1.12 bits per heavy atom. The van der Waals surface area contributed by atoms with Gasteiger partial charge in [-0.25, -0.2) is 5.43 Å². The first-order chi connectivity index (χ1) is 11.6. The first kappa shape index (κ1) is 15.4. The zero-order chi connectivity index (χ0) is 16.9. The van der Waals surface area contributed by atoms with Gasteiger partial charge in [-0.3, -0.25) is 4.79 Å². The van der Waals surface area contributed by atoms with Crippen LogP contribution in [-0.4, -0.2) is 32.2 Å². The average molecular weight is 321 g/mol. The Hall–Kier alpha value is -3.48. The molecule has 0 saturated heterocycles. The number of rotatable bonds is 4. The van der Waals surface area contributed by atoms with Crippen molar-refractivity contribution >= 4 is 12.1 Å². The molecule has 1 amide bonds. The molecular formula is C17H15N5O2. The maximum atomic E-state index is 12.2. The number of carbonyl (C=O) groups is 1. The summed E-state index contributed by atoms with van der Waals surface area (Å²) in [7, 11) is 0. The van der Waals surface area contributed by atoms with Crippen LogP contribution in [0.25, 0.3) is 5.69 Å². The van der Waals surface area contributed by atoms with Crippen molar-refractivity contribution in [2.75, 3.05) is 0 Å². The highest BCUT2D eigenvalue weighted by Crippen LogP contribution is 2.12. The summed E-state index contributed by atoms with van der Waals surface area (Å²) in [4.78, 5) is 13.6. The molecule has 2 aromatic carbocycles. The fourth-order valence-electron chi connectivity index (χ4n) is 2.08. The van der Waals surface area contributed by atoms with E-state index in [1.807, 2.05) is 30.3 Å². The molecule has 120 valence electrons. The molecular weight excluding hydrogens is 306 g/mol. The minimum absolute atomic E-state index is 0.0849. The number of phenols is 1. The highest BCUT2D eigenvalue weighted by molar-refractivity contribution is 5.94. The molecule has 0 atom stereocenters. The van der Waals surface area contributed by atoms with Crippen molar-refractivity contribution in [3.8, 4) is 11.4 Å². The minimum Gasteiger partial charge on any atom is -0.507 e. The third-order valence-electron chi connectivity index (χ3n) is 3.29. The molecule has 0 aliphatic heterocycles. The number of phenolic OH excluding ortho intramolecular Hbond substituents is 1. The largest absolute Gasteiger partial charge is 0.507 e. The van der Waals surface area contributed by atoms with E-state index in [1.165, 1.54) is 11.0 Å². The molecule has 0 spiro atoms. The SMILES string of the molecule is Cc1nn(-c2ccccc2)nc1C(=O)NN=Cc1ccccc1O. The van der Waals surface area contributed by atoms with Crippen molar-refractivity contribution in [2.24, 2.45) is 5.10 Å². The van der Waals surface area contributed by atoms with E-state index in [1.54, 1.807) is 31.2 Å². The van der Waals surface area contributed by atoms with Crippen molar-refractivity contribution in [1.82, 2.24) is 20.4 Å². The minimum atomic E-state index is -0.471. The van der Waals surface area contributed by atoms with Crippen LogP contribution in [-0.2, 0) is 0 Å². The van der Waals surface area contributed by atoms with Crippen LogP contribution in [0.15, 0.2) is 59.7 Å². The van der Waals surface area contributed by atoms with Crippen LogP contribution in [0.1, 0.15) is 21.7 Å². The molecule has 1 aromatic heterocycles. The normalized spacial score (nSPS) is 10.9. The summed E-state index contributed by atoms with van der Waals surface area (Å²) in [6.07, 6.45) is 1.37. The summed E-state index contributed by atoms with van der Waals surface area (Å²) in [5, 5.41) is 21.9. The van der Waals surface area contributed by atoms with Crippen LogP contribution >= 0.6 is 0 Å². The fourth-order valence-corrected chi connectivity index (χ4v) is 2.08. The summed E-state index contributed by atoms with van der Waals surface area (Å²) in [6, 6.07) is 16.0. The van der Waals surface area contributed by atoms with Crippen molar-refractivity contribution in [3.05, 3.63) is 71.5 Å². The van der Waals surface area contributed by atoms with Crippen molar-refractivity contribution in [2.45, 2.75) is 6.92 Å². The molecule has 7 heteroatoms. The van der Waals surface area contributed by atoms with Crippen LogP contribution in [0, 0.1) is 6.92 Å². The van der Waals surface area contributed by atoms with Gasteiger partial charge in [-0.1, -0.05) is 30.3 Å². The lowest BCUT2D eigenvalue weighted by molar-refractivity contribution is 0.0949. The van der Waals surface area contributed by atoms with Crippen LogP contribution < -0.4 is 5.43 Å². The third-order valence-corrected chi connectivity index (χ3v) is 3.29. The quantitative estimate of drug-likeness (QED) is 0.568. The molecule has 7 nitrogen and oxygen atoms in total. The zero-order valence-corrected chi connectivity index (χ0v) is 12.9. The van der Waals surface area contributed by atoms with Crippen molar-refractivity contribution in [3.63, 3.8) is 0 Å². The second kappa shape index (κ2) is 6.74. The van der Waals surface area contributed by atoms with Gasteiger partial charge in [-0.05, 0) is 31.2 Å². The molecule has 0 bridgehead atoms. The molecule has 0 radical (unpaired) electrons. The van der Waals surface area contributed by atoms with E-state index < -0.39 is 5.91 Å².